The Balaban J connectivity index is 3.17. The molecule has 0 heterocycles. The van der Waals surface area contributed by atoms with Crippen molar-refractivity contribution in [2.24, 2.45) is 5.41 Å². The second-order valence-corrected chi connectivity index (χ2v) is 4.19. The summed E-state index contributed by atoms with van der Waals surface area (Å²) in [6.07, 6.45) is 0.585. The maximum Gasteiger partial charge on any atom is 0.171 e. The van der Waals surface area contributed by atoms with E-state index >= 15 is 0 Å². The molecular formula is C12H14F2O. The fraction of sp³-hybridized carbons (Fsp3) is 0.417. The van der Waals surface area contributed by atoms with Gasteiger partial charge in [-0.15, -0.1) is 0 Å². The van der Waals surface area contributed by atoms with Gasteiger partial charge in [-0.05, 0) is 24.6 Å². The first-order valence-electron chi connectivity index (χ1n) is 4.88. The van der Waals surface area contributed by atoms with Crippen LogP contribution in [-0.4, -0.2) is 5.78 Å². The zero-order valence-corrected chi connectivity index (χ0v) is 9.10. The molecule has 0 amide bonds. The SMILES string of the molecule is CCC(C)(C)C(=O)c1cc(F)ccc1F. The molecule has 0 bridgehead atoms. The van der Waals surface area contributed by atoms with Gasteiger partial charge < -0.3 is 0 Å². The minimum absolute atomic E-state index is 0.165. The Morgan fingerprint density at radius 3 is 2.47 bits per heavy atom. The summed E-state index contributed by atoms with van der Waals surface area (Å²) in [5.74, 6) is -1.61. The zero-order valence-electron chi connectivity index (χ0n) is 9.10. The zero-order chi connectivity index (χ0) is 11.6. The van der Waals surface area contributed by atoms with Crippen LogP contribution in [0.3, 0.4) is 0 Å². The van der Waals surface area contributed by atoms with E-state index in [2.05, 4.69) is 0 Å². The van der Waals surface area contributed by atoms with E-state index in [0.717, 1.165) is 18.2 Å². The van der Waals surface area contributed by atoms with Crippen molar-refractivity contribution >= 4 is 5.78 Å². The lowest BCUT2D eigenvalue weighted by molar-refractivity contribution is 0.0828. The topological polar surface area (TPSA) is 17.1 Å². The van der Waals surface area contributed by atoms with Gasteiger partial charge >= 0.3 is 0 Å². The van der Waals surface area contributed by atoms with Gasteiger partial charge in [0.25, 0.3) is 0 Å². The minimum atomic E-state index is -0.664. The second-order valence-electron chi connectivity index (χ2n) is 4.19. The maximum absolute atomic E-state index is 13.3. The van der Waals surface area contributed by atoms with Crippen LogP contribution in [0.15, 0.2) is 18.2 Å². The smallest absolute Gasteiger partial charge is 0.171 e. The highest BCUT2D eigenvalue weighted by atomic mass is 19.1. The first-order chi connectivity index (χ1) is 6.88. The van der Waals surface area contributed by atoms with Crippen LogP contribution >= 0.6 is 0 Å². The molecule has 1 aromatic carbocycles. The number of hydrogen-bond acceptors (Lipinski definition) is 1. The van der Waals surface area contributed by atoms with Gasteiger partial charge in [0.15, 0.2) is 5.78 Å². The van der Waals surface area contributed by atoms with Gasteiger partial charge in [0.1, 0.15) is 11.6 Å². The second kappa shape index (κ2) is 4.09. The molecule has 0 aliphatic heterocycles. The van der Waals surface area contributed by atoms with Crippen LogP contribution in [0.1, 0.15) is 37.6 Å². The van der Waals surface area contributed by atoms with E-state index in [4.69, 9.17) is 0 Å². The van der Waals surface area contributed by atoms with Gasteiger partial charge in [-0.3, -0.25) is 4.79 Å². The van der Waals surface area contributed by atoms with Crippen molar-refractivity contribution < 1.29 is 13.6 Å². The first kappa shape index (κ1) is 11.8. The molecule has 15 heavy (non-hydrogen) atoms. The number of rotatable bonds is 3. The van der Waals surface area contributed by atoms with Crippen LogP contribution in [0.25, 0.3) is 0 Å². The van der Waals surface area contributed by atoms with Gasteiger partial charge in [-0.2, -0.15) is 0 Å². The van der Waals surface area contributed by atoms with E-state index < -0.39 is 17.0 Å². The molecule has 3 heteroatoms. The van der Waals surface area contributed by atoms with Crippen molar-refractivity contribution in [1.82, 2.24) is 0 Å². The van der Waals surface area contributed by atoms with Gasteiger partial charge in [0.2, 0.25) is 0 Å². The van der Waals surface area contributed by atoms with Crippen LogP contribution in [-0.2, 0) is 0 Å². The summed E-state index contributed by atoms with van der Waals surface area (Å²) < 4.78 is 26.2. The lowest BCUT2D eigenvalue weighted by Crippen LogP contribution is -2.24. The van der Waals surface area contributed by atoms with Crippen molar-refractivity contribution in [3.63, 3.8) is 0 Å². The predicted octanol–water partition coefficient (Wildman–Crippen LogP) is 3.58. The quantitative estimate of drug-likeness (QED) is 0.700. The van der Waals surface area contributed by atoms with Crippen molar-refractivity contribution in [1.29, 1.82) is 0 Å². The van der Waals surface area contributed by atoms with Gasteiger partial charge in [-0.25, -0.2) is 8.78 Å². The Morgan fingerprint density at radius 1 is 1.33 bits per heavy atom. The van der Waals surface area contributed by atoms with E-state index in [0.29, 0.717) is 6.42 Å². The van der Waals surface area contributed by atoms with Crippen LogP contribution in [0.5, 0.6) is 0 Å². The third-order valence-electron chi connectivity index (χ3n) is 2.67. The monoisotopic (exact) mass is 212 g/mol. The minimum Gasteiger partial charge on any atom is -0.293 e. The summed E-state index contributed by atoms with van der Waals surface area (Å²) in [5.41, 5.74) is -0.823. The van der Waals surface area contributed by atoms with Crippen LogP contribution in [0.4, 0.5) is 8.78 Å². The number of carbonyl (C=O) groups is 1. The summed E-state index contributed by atoms with van der Waals surface area (Å²) in [7, 11) is 0. The number of halogens is 2. The molecule has 0 spiro atoms. The highest BCUT2D eigenvalue weighted by Gasteiger charge is 2.28. The van der Waals surface area contributed by atoms with Gasteiger partial charge in [0.05, 0.1) is 5.56 Å². The van der Waals surface area contributed by atoms with Gasteiger partial charge in [0, 0.05) is 5.41 Å². The van der Waals surface area contributed by atoms with Crippen molar-refractivity contribution in [2.75, 3.05) is 0 Å². The number of hydrogen-bond donors (Lipinski definition) is 0. The molecule has 0 unspecified atom stereocenters. The summed E-state index contributed by atoms with van der Waals surface area (Å²) in [4.78, 5) is 11.9. The summed E-state index contributed by atoms with van der Waals surface area (Å²) in [6, 6.07) is 2.94. The maximum atomic E-state index is 13.3. The van der Waals surface area contributed by atoms with Crippen molar-refractivity contribution in [3.05, 3.63) is 35.4 Å². The van der Waals surface area contributed by atoms with Crippen LogP contribution in [0.2, 0.25) is 0 Å². The average molecular weight is 212 g/mol. The van der Waals surface area contributed by atoms with E-state index in [1.807, 2.05) is 6.92 Å². The van der Waals surface area contributed by atoms with E-state index in [1.165, 1.54) is 0 Å². The molecule has 0 aromatic heterocycles. The lowest BCUT2D eigenvalue weighted by Gasteiger charge is -2.21. The summed E-state index contributed by atoms with van der Waals surface area (Å²) >= 11 is 0. The largest absolute Gasteiger partial charge is 0.293 e. The summed E-state index contributed by atoms with van der Waals surface area (Å²) in [6.45, 7) is 5.29. The highest BCUT2D eigenvalue weighted by molar-refractivity contribution is 6.00. The molecule has 0 aliphatic rings. The number of carbonyl (C=O) groups excluding carboxylic acids is 1. The van der Waals surface area contributed by atoms with E-state index in [1.54, 1.807) is 13.8 Å². The van der Waals surface area contributed by atoms with Crippen molar-refractivity contribution in [2.45, 2.75) is 27.2 Å². The normalized spacial score (nSPS) is 11.5. The Morgan fingerprint density at radius 2 is 1.93 bits per heavy atom. The van der Waals surface area contributed by atoms with E-state index in [-0.39, 0.29) is 11.3 Å². The van der Waals surface area contributed by atoms with Gasteiger partial charge in [-0.1, -0.05) is 20.8 Å². The molecule has 1 aromatic rings. The molecule has 0 atom stereocenters. The van der Waals surface area contributed by atoms with Crippen molar-refractivity contribution in [3.8, 4) is 0 Å². The van der Waals surface area contributed by atoms with Crippen LogP contribution in [0, 0.1) is 17.0 Å². The molecular weight excluding hydrogens is 198 g/mol. The lowest BCUT2D eigenvalue weighted by atomic mass is 9.82. The molecule has 1 rings (SSSR count). The molecule has 0 fully saturated rings. The summed E-state index contributed by atoms with van der Waals surface area (Å²) in [5, 5.41) is 0. The molecule has 1 nitrogen and oxygen atoms in total. The molecule has 0 N–H and O–H groups in total. The molecule has 0 radical (unpaired) electrons. The van der Waals surface area contributed by atoms with Crippen LogP contribution < -0.4 is 0 Å². The average Bonchev–Trinajstić information content (AvgIpc) is 2.20. The highest BCUT2D eigenvalue weighted by Crippen LogP contribution is 2.27. The Hall–Kier alpha value is -1.25. The Labute approximate surface area is 88.1 Å². The number of ketones is 1. The molecule has 0 saturated carbocycles. The molecule has 0 aliphatic carbocycles. The third kappa shape index (κ3) is 2.41. The third-order valence-corrected chi connectivity index (χ3v) is 2.67. The molecule has 0 saturated heterocycles. The first-order valence-corrected chi connectivity index (χ1v) is 4.88. The van der Waals surface area contributed by atoms with E-state index in [9.17, 15) is 13.6 Å². The number of benzene rings is 1. The Bertz CT molecular complexity index is 383. The molecule has 82 valence electrons. The standard InChI is InChI=1S/C12H14F2O/c1-4-12(2,3)11(15)9-7-8(13)5-6-10(9)14/h5-7H,4H2,1-3H3. The number of Topliss-reactive ketones (excluding diaryl/α,β-unsaturated/α-hetero) is 1. The predicted molar refractivity (Wildman–Crippen MR) is 54.8 cm³/mol. The Kier molecular flexibility index (Phi) is 3.22. The fourth-order valence-corrected chi connectivity index (χ4v) is 1.20. The fourth-order valence-electron chi connectivity index (χ4n) is 1.20.